The van der Waals surface area contributed by atoms with E-state index >= 15 is 0 Å². The lowest BCUT2D eigenvalue weighted by Gasteiger charge is -1.98. The van der Waals surface area contributed by atoms with E-state index in [-0.39, 0.29) is 16.5 Å². The van der Waals surface area contributed by atoms with Crippen molar-refractivity contribution in [2.45, 2.75) is 17.7 Å². The second-order valence-electron chi connectivity index (χ2n) is 2.75. The molecule has 0 fully saturated rings. The molecule has 0 atom stereocenters. The Kier molecular flexibility index (Phi) is 3.75. The molecular weight excluding hydrogens is 240 g/mol. The highest BCUT2D eigenvalue weighted by Crippen LogP contribution is 2.14. The maximum absolute atomic E-state index is 11.6. The summed E-state index contributed by atoms with van der Waals surface area (Å²) in [6, 6.07) is 0. The van der Waals surface area contributed by atoms with Crippen molar-refractivity contribution in [3.05, 3.63) is 5.82 Å². The van der Waals surface area contributed by atoms with Crippen LogP contribution in [0.5, 0.6) is 0 Å². The number of aryl methyl sites for hydroxylation is 1. The van der Waals surface area contributed by atoms with Crippen LogP contribution in [0.25, 0.3) is 0 Å². The van der Waals surface area contributed by atoms with Gasteiger partial charge in [-0.2, -0.15) is 4.37 Å². The molecule has 6 nitrogen and oxygen atoms in total. The normalized spacial score (nSPS) is 11.3. The van der Waals surface area contributed by atoms with E-state index in [0.29, 0.717) is 5.82 Å². The highest BCUT2D eigenvalue weighted by Gasteiger charge is 2.20. The highest BCUT2D eigenvalue weighted by atomic mass is 32.2. The highest BCUT2D eigenvalue weighted by molar-refractivity contribution is 7.93. The number of carbonyl (C=O) groups is 1. The number of hydrogen-bond donors (Lipinski definition) is 0. The maximum atomic E-state index is 11.6. The summed E-state index contributed by atoms with van der Waals surface area (Å²) in [5.41, 5.74) is 0. The maximum Gasteiger partial charge on any atom is 0.306 e. The first-order valence-corrected chi connectivity index (χ1v) is 6.48. The summed E-state index contributed by atoms with van der Waals surface area (Å²) in [5, 5.41) is 0. The zero-order chi connectivity index (χ0) is 11.5. The van der Waals surface area contributed by atoms with Crippen molar-refractivity contribution >= 4 is 27.3 Å². The van der Waals surface area contributed by atoms with E-state index in [9.17, 15) is 13.2 Å². The van der Waals surface area contributed by atoms with Crippen LogP contribution in [0.4, 0.5) is 0 Å². The molecule has 0 bridgehead atoms. The van der Waals surface area contributed by atoms with Crippen LogP contribution in [0.15, 0.2) is 4.34 Å². The molecule has 0 saturated heterocycles. The van der Waals surface area contributed by atoms with Crippen LogP contribution >= 0.6 is 11.5 Å². The third-order valence-corrected chi connectivity index (χ3v) is 4.53. The van der Waals surface area contributed by atoms with E-state index < -0.39 is 15.8 Å². The molecule has 0 aromatic carbocycles. The summed E-state index contributed by atoms with van der Waals surface area (Å²) in [4.78, 5) is 14.5. The Balaban J connectivity index is 2.72. The van der Waals surface area contributed by atoms with Crippen LogP contribution in [0.2, 0.25) is 0 Å². The van der Waals surface area contributed by atoms with Crippen LogP contribution in [0.3, 0.4) is 0 Å². The lowest BCUT2D eigenvalue weighted by atomic mass is 10.5. The Hall–Kier alpha value is -1.02. The molecule has 8 heteroatoms. The van der Waals surface area contributed by atoms with Crippen molar-refractivity contribution in [1.29, 1.82) is 0 Å². The topological polar surface area (TPSA) is 86.2 Å². The number of carbonyl (C=O) groups excluding carboxylic acids is 1. The van der Waals surface area contributed by atoms with Crippen molar-refractivity contribution < 1.29 is 17.9 Å². The van der Waals surface area contributed by atoms with Crippen LogP contribution in [0.1, 0.15) is 12.2 Å². The number of esters is 1. The second-order valence-corrected chi connectivity index (χ2v) is 5.79. The van der Waals surface area contributed by atoms with E-state index in [4.69, 9.17) is 0 Å². The molecule has 0 aliphatic heterocycles. The molecule has 0 aliphatic rings. The van der Waals surface area contributed by atoms with E-state index in [2.05, 4.69) is 14.1 Å². The van der Waals surface area contributed by atoms with Gasteiger partial charge in [0.2, 0.25) is 14.2 Å². The summed E-state index contributed by atoms with van der Waals surface area (Å²) >= 11 is 0.815. The first-order valence-electron chi connectivity index (χ1n) is 4.05. The molecule has 0 N–H and O–H groups in total. The van der Waals surface area contributed by atoms with Crippen LogP contribution < -0.4 is 0 Å². The van der Waals surface area contributed by atoms with Gasteiger partial charge < -0.3 is 4.74 Å². The Morgan fingerprint density at radius 2 is 2.20 bits per heavy atom. The van der Waals surface area contributed by atoms with Gasteiger partial charge in [-0.1, -0.05) is 0 Å². The molecule has 0 aliphatic carbocycles. The van der Waals surface area contributed by atoms with Gasteiger partial charge in [-0.3, -0.25) is 4.79 Å². The van der Waals surface area contributed by atoms with Crippen LogP contribution in [0, 0.1) is 6.92 Å². The van der Waals surface area contributed by atoms with Gasteiger partial charge in [0, 0.05) is 0 Å². The van der Waals surface area contributed by atoms with Crippen molar-refractivity contribution in [3.63, 3.8) is 0 Å². The minimum Gasteiger partial charge on any atom is -0.469 e. The minimum atomic E-state index is -3.50. The lowest BCUT2D eigenvalue weighted by molar-refractivity contribution is -0.140. The molecule has 1 rings (SSSR count). The van der Waals surface area contributed by atoms with Gasteiger partial charge in [0.1, 0.15) is 5.82 Å². The van der Waals surface area contributed by atoms with Gasteiger partial charge in [-0.25, -0.2) is 13.4 Å². The summed E-state index contributed by atoms with van der Waals surface area (Å²) < 4.78 is 31.2. The predicted molar refractivity (Wildman–Crippen MR) is 53.3 cm³/mol. The standard InChI is InChI=1S/C7H10N2O4S2/c1-5-8-7(14-9-5)15(11,12)4-3-6(10)13-2/h3-4H2,1-2H3. The molecule has 0 unspecified atom stereocenters. The third-order valence-electron chi connectivity index (χ3n) is 1.58. The molecule has 0 amide bonds. The minimum absolute atomic E-state index is 0.0519. The van der Waals surface area contributed by atoms with Crippen molar-refractivity contribution in [1.82, 2.24) is 9.36 Å². The molecule has 1 aromatic heterocycles. The van der Waals surface area contributed by atoms with Crippen molar-refractivity contribution in [2.75, 3.05) is 12.9 Å². The number of rotatable bonds is 4. The van der Waals surface area contributed by atoms with E-state index in [1.165, 1.54) is 7.11 Å². The summed E-state index contributed by atoms with van der Waals surface area (Å²) in [6.07, 6.45) is -0.169. The largest absolute Gasteiger partial charge is 0.469 e. The fourth-order valence-corrected chi connectivity index (χ4v) is 2.93. The number of nitrogens with zero attached hydrogens (tertiary/aromatic N) is 2. The third kappa shape index (κ3) is 3.24. The number of methoxy groups -OCH3 is 1. The molecule has 0 saturated carbocycles. The Bertz CT molecular complexity index is 451. The molecule has 1 heterocycles. The van der Waals surface area contributed by atoms with Gasteiger partial charge in [-0.05, 0) is 18.5 Å². The van der Waals surface area contributed by atoms with Crippen LogP contribution in [-0.4, -0.2) is 36.6 Å². The second kappa shape index (κ2) is 4.67. The molecule has 0 radical (unpaired) electrons. The molecule has 84 valence electrons. The lowest BCUT2D eigenvalue weighted by Crippen LogP contribution is -2.12. The molecule has 15 heavy (non-hydrogen) atoms. The number of ether oxygens (including phenoxy) is 1. The van der Waals surface area contributed by atoms with Crippen LogP contribution in [-0.2, 0) is 19.4 Å². The van der Waals surface area contributed by atoms with Crippen molar-refractivity contribution in [2.24, 2.45) is 0 Å². The van der Waals surface area contributed by atoms with Gasteiger partial charge >= 0.3 is 5.97 Å². The SMILES string of the molecule is COC(=O)CCS(=O)(=O)c1nc(C)ns1. The number of aromatic nitrogens is 2. The van der Waals surface area contributed by atoms with Gasteiger partial charge in [0.05, 0.1) is 19.3 Å². The molecule has 1 aromatic rings. The Morgan fingerprint density at radius 1 is 1.53 bits per heavy atom. The fourth-order valence-electron chi connectivity index (χ4n) is 0.811. The van der Waals surface area contributed by atoms with E-state index in [1.807, 2.05) is 0 Å². The molecule has 0 spiro atoms. The summed E-state index contributed by atoms with van der Waals surface area (Å²) in [6.45, 7) is 1.61. The fraction of sp³-hybridized carbons (Fsp3) is 0.571. The smallest absolute Gasteiger partial charge is 0.306 e. The first-order chi connectivity index (χ1) is 6.95. The first kappa shape index (κ1) is 12.1. The average molecular weight is 250 g/mol. The summed E-state index contributed by atoms with van der Waals surface area (Å²) in [5.74, 6) is -0.439. The van der Waals surface area contributed by atoms with Gasteiger partial charge in [0.15, 0.2) is 0 Å². The Morgan fingerprint density at radius 3 is 2.67 bits per heavy atom. The quantitative estimate of drug-likeness (QED) is 0.709. The molecular formula is C7H10N2O4S2. The van der Waals surface area contributed by atoms with Crippen molar-refractivity contribution in [3.8, 4) is 0 Å². The summed E-state index contributed by atoms with van der Waals surface area (Å²) in [7, 11) is -2.29. The van der Waals surface area contributed by atoms with Gasteiger partial charge in [-0.15, -0.1) is 0 Å². The number of sulfone groups is 1. The average Bonchev–Trinajstić information content (AvgIpc) is 2.62. The predicted octanol–water partition coefficient (Wildman–Crippen LogP) is 0.183. The zero-order valence-electron chi connectivity index (χ0n) is 8.26. The zero-order valence-corrected chi connectivity index (χ0v) is 9.89. The monoisotopic (exact) mass is 250 g/mol. The van der Waals surface area contributed by atoms with E-state index in [0.717, 1.165) is 11.5 Å². The van der Waals surface area contributed by atoms with Gasteiger partial charge in [0.25, 0.3) is 0 Å². The Labute approximate surface area is 91.4 Å². The number of hydrogen-bond acceptors (Lipinski definition) is 7. The van der Waals surface area contributed by atoms with E-state index in [1.54, 1.807) is 6.92 Å².